The van der Waals surface area contributed by atoms with Crippen LogP contribution in [0, 0.1) is 10.1 Å². The van der Waals surface area contributed by atoms with E-state index in [0.717, 1.165) is 22.5 Å². The molecule has 5 rings (SSSR count). The van der Waals surface area contributed by atoms with Crippen molar-refractivity contribution in [3.05, 3.63) is 128 Å². The Hall–Kier alpha value is -5.52. The zero-order valence-corrected chi connectivity index (χ0v) is 22.9. The van der Waals surface area contributed by atoms with E-state index in [4.69, 9.17) is 4.74 Å². The lowest BCUT2D eigenvalue weighted by atomic mass is 10.1. The molecule has 12 heteroatoms. The minimum atomic E-state index is -4.59. The lowest BCUT2D eigenvalue weighted by Gasteiger charge is -2.16. The van der Waals surface area contributed by atoms with E-state index in [1.165, 1.54) is 30.5 Å². The van der Waals surface area contributed by atoms with E-state index in [9.17, 15) is 28.1 Å². The van der Waals surface area contributed by atoms with Crippen LogP contribution in [0.1, 0.15) is 16.7 Å². The summed E-state index contributed by atoms with van der Waals surface area (Å²) in [5, 5.41) is 15.6. The van der Waals surface area contributed by atoms with E-state index >= 15 is 0 Å². The second-order valence-corrected chi connectivity index (χ2v) is 9.72. The summed E-state index contributed by atoms with van der Waals surface area (Å²) < 4.78 is 47.5. The highest BCUT2D eigenvalue weighted by molar-refractivity contribution is 5.85. The molecule has 9 nitrogen and oxygen atoms in total. The fourth-order valence-electron chi connectivity index (χ4n) is 4.28. The summed E-state index contributed by atoms with van der Waals surface area (Å²) in [6.07, 6.45) is -3.22. The minimum Gasteiger partial charge on any atom is -0.488 e. The van der Waals surface area contributed by atoms with Crippen molar-refractivity contribution < 1.29 is 22.8 Å². The van der Waals surface area contributed by atoms with Crippen LogP contribution in [0.5, 0.6) is 5.75 Å². The lowest BCUT2D eigenvalue weighted by molar-refractivity contribution is -0.384. The van der Waals surface area contributed by atoms with Gasteiger partial charge in [0.2, 0.25) is 0 Å². The Balaban J connectivity index is 1.58. The highest BCUT2D eigenvalue weighted by atomic mass is 19.4. The number of alkyl halides is 3. The summed E-state index contributed by atoms with van der Waals surface area (Å²) in [4.78, 5) is 30.4. The van der Waals surface area contributed by atoms with E-state index in [1.807, 2.05) is 25.1 Å². The number of benzene rings is 4. The smallest absolute Gasteiger partial charge is 0.416 e. The van der Waals surface area contributed by atoms with Gasteiger partial charge in [-0.3, -0.25) is 14.9 Å². The van der Waals surface area contributed by atoms with Gasteiger partial charge in [-0.15, -0.1) is 0 Å². The number of anilines is 1. The Morgan fingerprint density at radius 1 is 1.00 bits per heavy atom. The van der Waals surface area contributed by atoms with Crippen LogP contribution in [0.25, 0.3) is 22.3 Å². The Morgan fingerprint density at radius 3 is 2.44 bits per heavy atom. The normalized spacial score (nSPS) is 11.7. The first-order valence-corrected chi connectivity index (χ1v) is 12.9. The number of hydrogen-bond donors (Lipinski definition) is 0. The molecule has 0 spiro atoms. The van der Waals surface area contributed by atoms with E-state index in [2.05, 4.69) is 10.1 Å². The molecule has 0 aliphatic carbocycles. The molecule has 0 radical (unpaired) electrons. The molecule has 0 bridgehead atoms. The summed E-state index contributed by atoms with van der Waals surface area (Å²) >= 11 is 0. The number of nitro groups is 1. The topological polar surface area (TPSA) is 103 Å². The molecule has 218 valence electrons. The summed E-state index contributed by atoms with van der Waals surface area (Å²) in [5.74, 6) is 0.333. The third-order valence-electron chi connectivity index (χ3n) is 6.57. The number of halogens is 3. The third-order valence-corrected chi connectivity index (χ3v) is 6.57. The van der Waals surface area contributed by atoms with Crippen molar-refractivity contribution in [1.29, 1.82) is 0 Å². The Bertz CT molecular complexity index is 1900. The second kappa shape index (κ2) is 11.8. The maximum absolute atomic E-state index is 13.5. The van der Waals surface area contributed by atoms with Crippen molar-refractivity contribution in [1.82, 2.24) is 9.66 Å². The number of nitrogens with zero attached hydrogens (tertiary/aromatic N) is 5. The minimum absolute atomic E-state index is 0.0443. The molecule has 0 fully saturated rings. The van der Waals surface area contributed by atoms with Gasteiger partial charge in [-0.05, 0) is 54.1 Å². The zero-order chi connectivity index (χ0) is 30.7. The van der Waals surface area contributed by atoms with Gasteiger partial charge in [-0.25, -0.2) is 4.98 Å². The Labute approximate surface area is 243 Å². The van der Waals surface area contributed by atoms with Gasteiger partial charge >= 0.3 is 6.18 Å². The van der Waals surface area contributed by atoms with Gasteiger partial charge in [-0.2, -0.15) is 22.9 Å². The van der Waals surface area contributed by atoms with Crippen molar-refractivity contribution in [2.24, 2.45) is 5.10 Å². The molecule has 5 aromatic rings. The van der Waals surface area contributed by atoms with E-state index in [-0.39, 0.29) is 29.1 Å². The SMILES string of the molecule is CN(C)c1ccc(C=Nn2c(-c3cccc(C(F)(F)F)c3)nc3ccccc3c2=O)c(OCc2ccc([N+](=O)[O-])cc2)c1. The molecule has 0 N–H and O–H groups in total. The summed E-state index contributed by atoms with van der Waals surface area (Å²) in [5.41, 5.74) is 0.855. The molecule has 0 saturated heterocycles. The van der Waals surface area contributed by atoms with E-state index < -0.39 is 22.2 Å². The number of ether oxygens (including phenoxy) is 1. The molecule has 0 aliphatic rings. The fourth-order valence-corrected chi connectivity index (χ4v) is 4.28. The summed E-state index contributed by atoms with van der Waals surface area (Å²) in [7, 11) is 3.70. The zero-order valence-electron chi connectivity index (χ0n) is 22.9. The first-order chi connectivity index (χ1) is 20.5. The maximum Gasteiger partial charge on any atom is 0.416 e. The number of hydrogen-bond acceptors (Lipinski definition) is 7. The number of aromatic nitrogens is 2. The molecule has 4 aromatic carbocycles. The fraction of sp³-hybridized carbons (Fsp3) is 0.129. The van der Waals surface area contributed by atoms with Crippen molar-refractivity contribution >= 4 is 28.5 Å². The molecular formula is C31H24F3N5O4. The second-order valence-electron chi connectivity index (χ2n) is 9.72. The first kappa shape index (κ1) is 29.0. The molecule has 0 aliphatic heterocycles. The molecule has 1 heterocycles. The molecule has 0 saturated carbocycles. The van der Waals surface area contributed by atoms with Crippen LogP contribution in [0.3, 0.4) is 0 Å². The van der Waals surface area contributed by atoms with Gasteiger partial charge in [0.1, 0.15) is 12.4 Å². The largest absolute Gasteiger partial charge is 0.488 e. The molecule has 1 aromatic heterocycles. The van der Waals surface area contributed by atoms with Crippen LogP contribution in [0.2, 0.25) is 0 Å². The van der Waals surface area contributed by atoms with Gasteiger partial charge in [0.05, 0.1) is 27.6 Å². The predicted molar refractivity (Wildman–Crippen MR) is 158 cm³/mol. The highest BCUT2D eigenvalue weighted by Crippen LogP contribution is 2.32. The standard InChI is InChI=1S/C31H24F3N5O4/c1-37(2)25-15-12-22(28(17-25)43-19-20-10-13-24(14-11-20)39(41)42)18-35-38-29(21-6-5-7-23(16-21)31(32,33)34)36-27-9-4-3-8-26(27)30(38)40/h3-18H,19H2,1-2H3. The first-order valence-electron chi connectivity index (χ1n) is 12.9. The summed E-state index contributed by atoms with van der Waals surface area (Å²) in [6.45, 7) is 0.0860. The predicted octanol–water partition coefficient (Wildman–Crippen LogP) is 6.52. The van der Waals surface area contributed by atoms with Gasteiger partial charge < -0.3 is 9.64 Å². The number of non-ortho nitro benzene ring substituents is 1. The molecular weight excluding hydrogens is 563 g/mol. The average Bonchev–Trinajstić information content (AvgIpc) is 2.99. The van der Waals surface area contributed by atoms with Crippen LogP contribution >= 0.6 is 0 Å². The van der Waals surface area contributed by atoms with Crippen LogP contribution in [-0.2, 0) is 12.8 Å². The van der Waals surface area contributed by atoms with Crippen LogP contribution in [0.4, 0.5) is 24.5 Å². The maximum atomic E-state index is 13.5. The van der Waals surface area contributed by atoms with Crippen LogP contribution in [0.15, 0.2) is 101 Å². The average molecular weight is 588 g/mol. The molecule has 0 atom stereocenters. The number of rotatable bonds is 8. The highest BCUT2D eigenvalue weighted by Gasteiger charge is 2.31. The quantitative estimate of drug-likeness (QED) is 0.116. The summed E-state index contributed by atoms with van der Waals surface area (Å²) in [6, 6.07) is 22.3. The number of fused-ring (bicyclic) bond motifs is 1. The van der Waals surface area contributed by atoms with Crippen molar-refractivity contribution in [3.63, 3.8) is 0 Å². The number of nitro benzene ring substituents is 1. The lowest BCUT2D eigenvalue weighted by Crippen LogP contribution is -2.20. The van der Waals surface area contributed by atoms with Crippen LogP contribution < -0.4 is 15.2 Å². The van der Waals surface area contributed by atoms with Crippen molar-refractivity contribution in [2.75, 3.05) is 19.0 Å². The molecule has 0 amide bonds. The van der Waals surface area contributed by atoms with Gasteiger partial charge in [-0.1, -0.05) is 24.3 Å². The monoisotopic (exact) mass is 587 g/mol. The Morgan fingerprint density at radius 2 is 1.74 bits per heavy atom. The molecule has 0 unspecified atom stereocenters. The molecule has 43 heavy (non-hydrogen) atoms. The van der Waals surface area contributed by atoms with E-state index in [0.29, 0.717) is 22.4 Å². The van der Waals surface area contributed by atoms with Crippen LogP contribution in [-0.4, -0.2) is 34.9 Å². The number of para-hydroxylation sites is 1. The van der Waals surface area contributed by atoms with Gasteiger partial charge in [0.15, 0.2) is 5.82 Å². The van der Waals surface area contributed by atoms with Crippen molar-refractivity contribution in [3.8, 4) is 17.1 Å². The van der Waals surface area contributed by atoms with Gasteiger partial charge in [0, 0.05) is 49.1 Å². The Kier molecular flexibility index (Phi) is 7.93. The van der Waals surface area contributed by atoms with E-state index in [1.54, 1.807) is 48.5 Å². The van der Waals surface area contributed by atoms with Gasteiger partial charge in [0.25, 0.3) is 11.2 Å². The third kappa shape index (κ3) is 6.38. The van der Waals surface area contributed by atoms with Crippen molar-refractivity contribution in [2.45, 2.75) is 12.8 Å².